The van der Waals surface area contributed by atoms with Crippen LogP contribution in [0.1, 0.15) is 11.3 Å². The number of benzene rings is 1. The third-order valence-corrected chi connectivity index (χ3v) is 2.36. The minimum Gasteiger partial charge on any atom is -0.455 e. The zero-order valence-electron chi connectivity index (χ0n) is 9.34. The molecule has 4 heteroatoms. The van der Waals surface area contributed by atoms with E-state index in [1.165, 1.54) is 6.20 Å². The molecule has 1 heterocycles. The van der Waals surface area contributed by atoms with Crippen molar-refractivity contribution in [1.82, 2.24) is 4.98 Å². The first-order chi connectivity index (χ1) is 8.20. The zero-order chi connectivity index (χ0) is 12.3. The Morgan fingerprint density at radius 3 is 2.94 bits per heavy atom. The number of aryl methyl sites for hydroxylation is 1. The van der Waals surface area contributed by atoms with Gasteiger partial charge in [0, 0.05) is 12.3 Å². The van der Waals surface area contributed by atoms with Crippen molar-refractivity contribution in [1.29, 1.82) is 5.26 Å². The normalized spacial score (nSPS) is 9.65. The van der Waals surface area contributed by atoms with Crippen molar-refractivity contribution >= 4 is 5.69 Å². The summed E-state index contributed by atoms with van der Waals surface area (Å²) in [5, 5.41) is 8.73. The van der Waals surface area contributed by atoms with E-state index in [2.05, 4.69) is 4.98 Å². The lowest BCUT2D eigenvalue weighted by molar-refractivity contribution is 0.484. The van der Waals surface area contributed by atoms with Gasteiger partial charge in [-0.15, -0.1) is 0 Å². The summed E-state index contributed by atoms with van der Waals surface area (Å²) in [4.78, 5) is 3.87. The van der Waals surface area contributed by atoms with Gasteiger partial charge in [0.15, 0.2) is 5.75 Å². The molecule has 0 saturated carbocycles. The van der Waals surface area contributed by atoms with Crippen LogP contribution in [0.2, 0.25) is 0 Å². The predicted octanol–water partition coefficient (Wildman–Crippen LogP) is 2.64. The van der Waals surface area contributed by atoms with Crippen LogP contribution in [0.4, 0.5) is 5.69 Å². The molecule has 0 bridgehead atoms. The highest BCUT2D eigenvalue weighted by molar-refractivity contribution is 5.59. The molecule has 2 N–H and O–H groups in total. The average Bonchev–Trinajstić information content (AvgIpc) is 2.35. The van der Waals surface area contributed by atoms with Crippen LogP contribution in [0, 0.1) is 18.3 Å². The molecule has 0 unspecified atom stereocenters. The first-order valence-corrected chi connectivity index (χ1v) is 5.10. The molecule has 2 rings (SSSR count). The lowest BCUT2D eigenvalue weighted by atomic mass is 10.2. The number of rotatable bonds is 2. The summed E-state index contributed by atoms with van der Waals surface area (Å²) >= 11 is 0. The van der Waals surface area contributed by atoms with Crippen LogP contribution in [0.15, 0.2) is 36.5 Å². The molecule has 1 aromatic carbocycles. The van der Waals surface area contributed by atoms with E-state index in [4.69, 9.17) is 15.7 Å². The number of pyridine rings is 1. The fourth-order valence-electron chi connectivity index (χ4n) is 1.41. The predicted molar refractivity (Wildman–Crippen MR) is 64.6 cm³/mol. The summed E-state index contributed by atoms with van der Waals surface area (Å²) in [6, 6.07) is 10.8. The summed E-state index contributed by atoms with van der Waals surface area (Å²) in [5.74, 6) is 1.13. The summed E-state index contributed by atoms with van der Waals surface area (Å²) in [6.45, 7) is 1.91. The Hall–Kier alpha value is -2.54. The van der Waals surface area contributed by atoms with Crippen LogP contribution in [-0.2, 0) is 0 Å². The largest absolute Gasteiger partial charge is 0.455 e. The second kappa shape index (κ2) is 4.54. The molecule has 0 atom stereocenters. The van der Waals surface area contributed by atoms with Gasteiger partial charge in [-0.1, -0.05) is 12.1 Å². The number of para-hydroxylation sites is 1. The molecule has 84 valence electrons. The molecule has 0 amide bonds. The van der Waals surface area contributed by atoms with E-state index in [0.717, 1.165) is 5.56 Å². The van der Waals surface area contributed by atoms with Crippen molar-refractivity contribution < 1.29 is 4.74 Å². The van der Waals surface area contributed by atoms with Crippen molar-refractivity contribution in [3.63, 3.8) is 0 Å². The lowest BCUT2D eigenvalue weighted by Gasteiger charge is -2.09. The maximum Gasteiger partial charge on any atom is 0.150 e. The van der Waals surface area contributed by atoms with Gasteiger partial charge < -0.3 is 10.5 Å². The molecule has 0 aliphatic rings. The van der Waals surface area contributed by atoms with E-state index < -0.39 is 0 Å². The minimum atomic E-state index is 0.314. The standard InChI is InChI=1S/C13H11N3O/c1-9-3-2-4-12(13(9)15)17-11-5-6-16-10(7-11)8-14/h2-7H,15H2,1H3. The molecule has 0 fully saturated rings. The summed E-state index contributed by atoms with van der Waals surface area (Å²) in [6.07, 6.45) is 1.53. The number of aromatic nitrogens is 1. The highest BCUT2D eigenvalue weighted by Gasteiger charge is 2.04. The summed E-state index contributed by atoms with van der Waals surface area (Å²) < 4.78 is 5.62. The van der Waals surface area contributed by atoms with E-state index in [1.54, 1.807) is 18.2 Å². The van der Waals surface area contributed by atoms with Gasteiger partial charge in [0.1, 0.15) is 17.5 Å². The van der Waals surface area contributed by atoms with Crippen LogP contribution in [0.5, 0.6) is 11.5 Å². The topological polar surface area (TPSA) is 71.9 Å². The number of hydrogen-bond donors (Lipinski definition) is 1. The number of nitrogens with zero attached hydrogens (tertiary/aromatic N) is 2. The fourth-order valence-corrected chi connectivity index (χ4v) is 1.41. The average molecular weight is 225 g/mol. The van der Waals surface area contributed by atoms with Crippen LogP contribution in [-0.4, -0.2) is 4.98 Å². The van der Waals surface area contributed by atoms with Crippen molar-refractivity contribution in [2.24, 2.45) is 0 Å². The zero-order valence-corrected chi connectivity index (χ0v) is 9.34. The summed E-state index contributed by atoms with van der Waals surface area (Å²) in [5.41, 5.74) is 7.76. The van der Waals surface area contributed by atoms with Crippen molar-refractivity contribution in [2.45, 2.75) is 6.92 Å². The van der Waals surface area contributed by atoms with Gasteiger partial charge in [0.05, 0.1) is 5.69 Å². The van der Waals surface area contributed by atoms with Gasteiger partial charge in [-0.2, -0.15) is 5.26 Å². The van der Waals surface area contributed by atoms with Gasteiger partial charge in [-0.3, -0.25) is 0 Å². The molecule has 2 aromatic rings. The molecule has 0 spiro atoms. The molecular formula is C13H11N3O. The van der Waals surface area contributed by atoms with E-state index in [-0.39, 0.29) is 0 Å². The minimum absolute atomic E-state index is 0.314. The smallest absolute Gasteiger partial charge is 0.150 e. The Morgan fingerprint density at radius 2 is 2.18 bits per heavy atom. The second-order valence-electron chi connectivity index (χ2n) is 3.58. The molecule has 0 aliphatic carbocycles. The van der Waals surface area contributed by atoms with E-state index >= 15 is 0 Å². The SMILES string of the molecule is Cc1cccc(Oc2ccnc(C#N)c2)c1N. The van der Waals surface area contributed by atoms with Gasteiger partial charge in [-0.25, -0.2) is 4.98 Å². The number of anilines is 1. The number of nitriles is 1. The maximum absolute atomic E-state index is 8.73. The quantitative estimate of drug-likeness (QED) is 0.797. The van der Waals surface area contributed by atoms with Gasteiger partial charge in [-0.05, 0) is 24.6 Å². The highest BCUT2D eigenvalue weighted by atomic mass is 16.5. The number of nitrogens with two attached hydrogens (primary N) is 1. The fraction of sp³-hybridized carbons (Fsp3) is 0.0769. The van der Waals surface area contributed by atoms with Crippen molar-refractivity contribution in [3.05, 3.63) is 47.8 Å². The van der Waals surface area contributed by atoms with Gasteiger partial charge in [0.2, 0.25) is 0 Å². The van der Waals surface area contributed by atoms with Crippen LogP contribution >= 0.6 is 0 Å². The molecule has 17 heavy (non-hydrogen) atoms. The first-order valence-electron chi connectivity index (χ1n) is 5.10. The number of ether oxygens (including phenoxy) is 1. The first kappa shape index (κ1) is 11.0. The van der Waals surface area contributed by atoms with E-state index in [1.807, 2.05) is 25.1 Å². The second-order valence-corrected chi connectivity index (χ2v) is 3.58. The Bertz CT molecular complexity index is 587. The molecule has 4 nitrogen and oxygen atoms in total. The molecule has 1 aromatic heterocycles. The van der Waals surface area contributed by atoms with Gasteiger partial charge in [0.25, 0.3) is 0 Å². The van der Waals surface area contributed by atoms with Crippen LogP contribution < -0.4 is 10.5 Å². The van der Waals surface area contributed by atoms with Crippen molar-refractivity contribution in [2.75, 3.05) is 5.73 Å². The van der Waals surface area contributed by atoms with Crippen molar-refractivity contribution in [3.8, 4) is 17.6 Å². The monoisotopic (exact) mass is 225 g/mol. The van der Waals surface area contributed by atoms with Crippen LogP contribution in [0.3, 0.4) is 0 Å². The molecule has 0 saturated heterocycles. The van der Waals surface area contributed by atoms with Crippen LogP contribution in [0.25, 0.3) is 0 Å². The third kappa shape index (κ3) is 2.34. The molecule has 0 aliphatic heterocycles. The molecular weight excluding hydrogens is 214 g/mol. The van der Waals surface area contributed by atoms with E-state index in [0.29, 0.717) is 22.9 Å². The Morgan fingerprint density at radius 1 is 1.35 bits per heavy atom. The Kier molecular flexibility index (Phi) is 2.93. The summed E-state index contributed by atoms with van der Waals surface area (Å²) in [7, 11) is 0. The van der Waals surface area contributed by atoms with E-state index in [9.17, 15) is 0 Å². The lowest BCUT2D eigenvalue weighted by Crippen LogP contribution is -1.95. The molecule has 0 radical (unpaired) electrons. The highest BCUT2D eigenvalue weighted by Crippen LogP contribution is 2.29. The Balaban J connectivity index is 2.32. The third-order valence-electron chi connectivity index (χ3n) is 2.36. The maximum atomic E-state index is 8.73. The number of hydrogen-bond acceptors (Lipinski definition) is 4. The van der Waals surface area contributed by atoms with Gasteiger partial charge >= 0.3 is 0 Å². The Labute approximate surface area is 99.3 Å². The number of nitrogen functional groups attached to an aromatic ring is 1.